The Balaban J connectivity index is 2.85. The van der Waals surface area contributed by atoms with Crippen molar-refractivity contribution in [3.05, 3.63) is 29.8 Å². The minimum absolute atomic E-state index is 0.468. The molecule has 0 aliphatic carbocycles. The maximum Gasteiger partial charge on any atom is 0.261 e. The van der Waals surface area contributed by atoms with Gasteiger partial charge in [-0.05, 0) is 38.0 Å². The van der Waals surface area contributed by atoms with Gasteiger partial charge in [0.05, 0.1) is 0 Å². The van der Waals surface area contributed by atoms with E-state index in [4.69, 9.17) is 10.5 Å². The van der Waals surface area contributed by atoms with Crippen LogP contribution >= 0.6 is 0 Å². The van der Waals surface area contributed by atoms with Crippen LogP contribution in [0.3, 0.4) is 0 Å². The molecule has 15 heavy (non-hydrogen) atoms. The van der Waals surface area contributed by atoms with Crippen LogP contribution in [0.2, 0.25) is 0 Å². The molecule has 0 bridgehead atoms. The molecule has 1 aromatic carbocycles. The van der Waals surface area contributed by atoms with E-state index in [-0.39, 0.29) is 0 Å². The molecule has 0 saturated heterocycles. The van der Waals surface area contributed by atoms with Gasteiger partial charge in [0.25, 0.3) is 5.91 Å². The average Bonchev–Trinajstić information content (AvgIpc) is 2.17. The Morgan fingerprint density at radius 1 is 1.47 bits per heavy atom. The van der Waals surface area contributed by atoms with Crippen LogP contribution in [0.4, 0.5) is 0 Å². The summed E-state index contributed by atoms with van der Waals surface area (Å²) in [5.74, 6) is 0.211. The number of benzene rings is 1. The van der Waals surface area contributed by atoms with E-state index in [0.29, 0.717) is 5.75 Å². The second kappa shape index (κ2) is 4.34. The second-order valence-electron chi connectivity index (χ2n) is 3.98. The summed E-state index contributed by atoms with van der Waals surface area (Å²) in [6.45, 7) is 5.39. The predicted molar refractivity (Wildman–Crippen MR) is 59.7 cm³/mol. The number of nitrogens with two attached hydrogens (primary N) is 1. The van der Waals surface area contributed by atoms with Gasteiger partial charge in [0.2, 0.25) is 0 Å². The monoisotopic (exact) mass is 207 g/mol. The fourth-order valence-corrected chi connectivity index (χ4v) is 1.17. The van der Waals surface area contributed by atoms with Gasteiger partial charge in [0.1, 0.15) is 5.75 Å². The molecule has 0 atom stereocenters. The zero-order valence-corrected chi connectivity index (χ0v) is 9.41. The van der Waals surface area contributed by atoms with Crippen molar-refractivity contribution in [3.63, 3.8) is 0 Å². The minimum atomic E-state index is -0.966. The number of carbonyl (C=O) groups is 1. The number of hydrogen-bond donors (Lipinski definition) is 1. The number of hydrogen-bond acceptors (Lipinski definition) is 2. The van der Waals surface area contributed by atoms with Crippen LogP contribution < -0.4 is 10.5 Å². The van der Waals surface area contributed by atoms with Gasteiger partial charge in [0, 0.05) is 0 Å². The molecule has 1 rings (SSSR count). The number of aryl methyl sites for hydroxylation is 1. The normalized spacial score (nSPS) is 11.1. The molecule has 2 N–H and O–H groups in total. The third-order valence-corrected chi connectivity index (χ3v) is 2.27. The van der Waals surface area contributed by atoms with Crippen LogP contribution in [-0.4, -0.2) is 11.5 Å². The molecule has 0 radical (unpaired) electrons. The Morgan fingerprint density at radius 3 is 2.67 bits per heavy atom. The highest BCUT2D eigenvalue weighted by molar-refractivity contribution is 5.82. The average molecular weight is 207 g/mol. The molecule has 0 aliphatic heterocycles. The van der Waals surface area contributed by atoms with Crippen LogP contribution in [-0.2, 0) is 11.2 Å². The van der Waals surface area contributed by atoms with Gasteiger partial charge >= 0.3 is 0 Å². The molecule has 0 spiro atoms. The first-order chi connectivity index (χ1) is 6.95. The van der Waals surface area contributed by atoms with Crippen molar-refractivity contribution in [2.45, 2.75) is 32.8 Å². The fourth-order valence-electron chi connectivity index (χ4n) is 1.17. The Morgan fingerprint density at radius 2 is 2.13 bits per heavy atom. The van der Waals surface area contributed by atoms with Gasteiger partial charge in [-0.15, -0.1) is 0 Å². The molecule has 1 aromatic rings. The Labute approximate surface area is 90.2 Å². The van der Waals surface area contributed by atoms with Crippen LogP contribution in [0, 0.1) is 0 Å². The molecule has 3 heteroatoms. The molecule has 0 fully saturated rings. The van der Waals surface area contributed by atoms with Crippen molar-refractivity contribution >= 4 is 5.91 Å². The van der Waals surface area contributed by atoms with Crippen molar-refractivity contribution in [3.8, 4) is 5.75 Å². The lowest BCUT2D eigenvalue weighted by molar-refractivity contribution is -0.130. The molecule has 82 valence electrons. The van der Waals surface area contributed by atoms with Crippen LogP contribution in [0.25, 0.3) is 0 Å². The maximum absolute atomic E-state index is 11.1. The molecule has 0 unspecified atom stereocenters. The molecule has 0 heterocycles. The maximum atomic E-state index is 11.1. The van der Waals surface area contributed by atoms with E-state index in [0.717, 1.165) is 6.42 Å². The van der Waals surface area contributed by atoms with Crippen LogP contribution in [0.15, 0.2) is 24.3 Å². The number of rotatable bonds is 4. The van der Waals surface area contributed by atoms with E-state index < -0.39 is 11.5 Å². The summed E-state index contributed by atoms with van der Waals surface area (Å²) in [6.07, 6.45) is 0.939. The zero-order valence-electron chi connectivity index (χ0n) is 9.41. The summed E-state index contributed by atoms with van der Waals surface area (Å²) in [4.78, 5) is 11.1. The summed E-state index contributed by atoms with van der Waals surface area (Å²) in [6, 6.07) is 7.67. The number of carbonyl (C=O) groups excluding carboxylic acids is 1. The third kappa shape index (κ3) is 2.98. The van der Waals surface area contributed by atoms with E-state index in [1.165, 1.54) is 5.56 Å². The molecular weight excluding hydrogens is 190 g/mol. The smallest absolute Gasteiger partial charge is 0.261 e. The van der Waals surface area contributed by atoms with Crippen LogP contribution in [0.1, 0.15) is 26.3 Å². The lowest BCUT2D eigenvalue weighted by Crippen LogP contribution is -2.43. The van der Waals surface area contributed by atoms with E-state index in [9.17, 15) is 4.79 Å². The number of primary amides is 1. The summed E-state index contributed by atoms with van der Waals surface area (Å²) in [5, 5.41) is 0. The van der Waals surface area contributed by atoms with Gasteiger partial charge in [0.15, 0.2) is 5.60 Å². The lowest BCUT2D eigenvalue weighted by atomic mass is 10.1. The highest BCUT2D eigenvalue weighted by Crippen LogP contribution is 2.19. The van der Waals surface area contributed by atoms with Gasteiger partial charge in [-0.1, -0.05) is 19.1 Å². The van der Waals surface area contributed by atoms with Crippen molar-refractivity contribution < 1.29 is 9.53 Å². The number of amides is 1. The van der Waals surface area contributed by atoms with Gasteiger partial charge in [-0.2, -0.15) is 0 Å². The number of ether oxygens (including phenoxy) is 1. The van der Waals surface area contributed by atoms with E-state index in [1.807, 2.05) is 24.3 Å². The minimum Gasteiger partial charge on any atom is -0.478 e. The van der Waals surface area contributed by atoms with Crippen LogP contribution in [0.5, 0.6) is 5.75 Å². The summed E-state index contributed by atoms with van der Waals surface area (Å²) < 4.78 is 5.53. The SMILES string of the molecule is CCc1cccc(OC(C)(C)C(N)=O)c1. The fraction of sp³-hybridized carbons (Fsp3) is 0.417. The van der Waals surface area contributed by atoms with E-state index in [2.05, 4.69) is 6.92 Å². The van der Waals surface area contributed by atoms with E-state index in [1.54, 1.807) is 13.8 Å². The van der Waals surface area contributed by atoms with Gasteiger partial charge < -0.3 is 10.5 Å². The Hall–Kier alpha value is -1.51. The van der Waals surface area contributed by atoms with Crippen molar-refractivity contribution in [2.75, 3.05) is 0 Å². The predicted octanol–water partition coefficient (Wildman–Crippen LogP) is 1.89. The molecule has 0 aromatic heterocycles. The first-order valence-corrected chi connectivity index (χ1v) is 5.03. The molecule has 0 aliphatic rings. The van der Waals surface area contributed by atoms with E-state index >= 15 is 0 Å². The summed E-state index contributed by atoms with van der Waals surface area (Å²) in [5.41, 5.74) is 5.43. The molecule has 0 saturated carbocycles. The van der Waals surface area contributed by atoms with Gasteiger partial charge in [-0.3, -0.25) is 4.79 Å². The Kier molecular flexibility index (Phi) is 3.35. The zero-order chi connectivity index (χ0) is 11.5. The lowest BCUT2D eigenvalue weighted by Gasteiger charge is -2.22. The summed E-state index contributed by atoms with van der Waals surface area (Å²) >= 11 is 0. The molecule has 1 amide bonds. The largest absolute Gasteiger partial charge is 0.478 e. The third-order valence-electron chi connectivity index (χ3n) is 2.27. The molecule has 3 nitrogen and oxygen atoms in total. The summed E-state index contributed by atoms with van der Waals surface area (Å²) in [7, 11) is 0. The quantitative estimate of drug-likeness (QED) is 0.819. The topological polar surface area (TPSA) is 52.3 Å². The first kappa shape index (κ1) is 11.6. The van der Waals surface area contributed by atoms with Crippen molar-refractivity contribution in [1.82, 2.24) is 0 Å². The van der Waals surface area contributed by atoms with Crippen molar-refractivity contribution in [1.29, 1.82) is 0 Å². The molecular formula is C12H17NO2. The standard InChI is InChI=1S/C12H17NO2/c1-4-9-6-5-7-10(8-9)15-12(2,3)11(13)14/h5-8H,4H2,1-3H3,(H2,13,14). The highest BCUT2D eigenvalue weighted by atomic mass is 16.5. The second-order valence-corrected chi connectivity index (χ2v) is 3.98. The highest BCUT2D eigenvalue weighted by Gasteiger charge is 2.26. The Bertz CT molecular complexity index is 358. The van der Waals surface area contributed by atoms with Gasteiger partial charge in [-0.25, -0.2) is 0 Å². The van der Waals surface area contributed by atoms with Crippen molar-refractivity contribution in [2.24, 2.45) is 5.73 Å². The first-order valence-electron chi connectivity index (χ1n) is 5.03.